The summed E-state index contributed by atoms with van der Waals surface area (Å²) in [6, 6.07) is 11.8. The van der Waals surface area contributed by atoms with Gasteiger partial charge in [-0.05, 0) is 74.9 Å². The van der Waals surface area contributed by atoms with Gasteiger partial charge in [-0.3, -0.25) is 10.00 Å². The fourth-order valence-corrected chi connectivity index (χ4v) is 5.82. The number of nitrogens with zero attached hydrogens (tertiary/aromatic N) is 2. The SMILES string of the molecule is COc1cc(CC=O)ccc1OCCCCN1C2CCC1CC(c1[nH]nc3cc(F)ccc13)C2. The van der Waals surface area contributed by atoms with E-state index in [0.29, 0.717) is 36.8 Å². The summed E-state index contributed by atoms with van der Waals surface area (Å²) in [6.07, 6.45) is 8.11. The lowest BCUT2D eigenvalue weighted by molar-refractivity contribution is -0.107. The van der Waals surface area contributed by atoms with Gasteiger partial charge in [-0.2, -0.15) is 5.10 Å². The number of ether oxygens (including phenoxy) is 2. The Bertz CT molecular complexity index is 1130. The minimum absolute atomic E-state index is 0.238. The second kappa shape index (κ2) is 10.1. The predicted octanol–water partition coefficient (Wildman–Crippen LogP) is 5.02. The highest BCUT2D eigenvalue weighted by Crippen LogP contribution is 2.44. The number of hydrogen-bond donors (Lipinski definition) is 1. The summed E-state index contributed by atoms with van der Waals surface area (Å²) >= 11 is 0. The summed E-state index contributed by atoms with van der Waals surface area (Å²) in [4.78, 5) is 13.4. The van der Waals surface area contributed by atoms with Crippen LogP contribution in [0.4, 0.5) is 4.39 Å². The van der Waals surface area contributed by atoms with Crippen LogP contribution in [-0.2, 0) is 11.2 Å². The van der Waals surface area contributed by atoms with Crippen molar-refractivity contribution in [1.82, 2.24) is 15.1 Å². The number of hydrogen-bond acceptors (Lipinski definition) is 5. The number of benzene rings is 2. The number of carbonyl (C=O) groups excluding carboxylic acids is 1. The average molecular weight is 466 g/mol. The smallest absolute Gasteiger partial charge is 0.161 e. The van der Waals surface area contributed by atoms with Gasteiger partial charge in [-0.15, -0.1) is 0 Å². The number of fused-ring (bicyclic) bond motifs is 3. The number of halogens is 1. The zero-order valence-electron chi connectivity index (χ0n) is 19.6. The lowest BCUT2D eigenvalue weighted by atomic mass is 9.86. The number of aldehydes is 1. The van der Waals surface area contributed by atoms with Gasteiger partial charge in [0, 0.05) is 41.6 Å². The Hall–Kier alpha value is -2.93. The molecule has 7 heteroatoms. The molecule has 2 fully saturated rings. The third-order valence-corrected chi connectivity index (χ3v) is 7.45. The molecule has 2 saturated heterocycles. The van der Waals surface area contributed by atoms with E-state index < -0.39 is 0 Å². The van der Waals surface area contributed by atoms with Crippen LogP contribution in [0.2, 0.25) is 0 Å². The summed E-state index contributed by atoms with van der Waals surface area (Å²) in [5.74, 6) is 1.62. The van der Waals surface area contributed by atoms with Gasteiger partial charge in [0.2, 0.25) is 0 Å². The molecule has 3 heterocycles. The summed E-state index contributed by atoms with van der Waals surface area (Å²) in [5.41, 5.74) is 2.82. The van der Waals surface area contributed by atoms with Crippen LogP contribution >= 0.6 is 0 Å². The van der Waals surface area contributed by atoms with E-state index >= 15 is 0 Å². The molecule has 0 aliphatic carbocycles. The second-order valence-electron chi connectivity index (χ2n) is 9.50. The first-order valence-corrected chi connectivity index (χ1v) is 12.3. The van der Waals surface area contributed by atoms with Gasteiger partial charge in [-0.25, -0.2) is 4.39 Å². The number of piperidine rings is 1. The molecule has 2 atom stereocenters. The standard InChI is InChI=1S/C27H32FN3O3/c1-33-26-14-18(10-12-32)4-9-25(26)34-13-3-2-11-31-21-6-7-22(31)16-19(15-21)27-23-8-5-20(28)17-24(23)29-30-27/h4-5,8-9,12,14,17,19,21-22H,2-3,6-7,10-11,13,15-16H2,1H3,(H,29,30). The summed E-state index contributed by atoms with van der Waals surface area (Å²) in [6.45, 7) is 1.74. The largest absolute Gasteiger partial charge is 0.493 e. The number of H-pyrrole nitrogens is 1. The van der Waals surface area contributed by atoms with Crippen LogP contribution in [0, 0.1) is 5.82 Å². The van der Waals surface area contributed by atoms with E-state index in [9.17, 15) is 9.18 Å². The molecule has 0 amide bonds. The van der Waals surface area contributed by atoms with Crippen LogP contribution in [0.3, 0.4) is 0 Å². The van der Waals surface area contributed by atoms with Crippen LogP contribution in [0.5, 0.6) is 11.5 Å². The summed E-state index contributed by atoms with van der Waals surface area (Å²) in [7, 11) is 1.62. The van der Waals surface area contributed by atoms with Gasteiger partial charge in [0.05, 0.1) is 19.2 Å². The van der Waals surface area contributed by atoms with Crippen LogP contribution in [0.1, 0.15) is 55.7 Å². The number of methoxy groups -OCH3 is 1. The molecule has 0 saturated carbocycles. The van der Waals surface area contributed by atoms with Crippen LogP contribution in [0.15, 0.2) is 36.4 Å². The molecule has 6 nitrogen and oxygen atoms in total. The van der Waals surface area contributed by atoms with E-state index in [1.807, 2.05) is 24.3 Å². The average Bonchev–Trinajstić information content (AvgIpc) is 3.36. The van der Waals surface area contributed by atoms with Gasteiger partial charge >= 0.3 is 0 Å². The van der Waals surface area contributed by atoms with Gasteiger partial charge in [0.1, 0.15) is 12.1 Å². The predicted molar refractivity (Wildman–Crippen MR) is 129 cm³/mol. The molecule has 0 spiro atoms. The van der Waals surface area contributed by atoms with Gasteiger partial charge in [0.15, 0.2) is 11.5 Å². The molecule has 180 valence electrons. The summed E-state index contributed by atoms with van der Waals surface area (Å²) in [5, 5.41) is 8.62. The first kappa shape index (κ1) is 22.8. The van der Waals surface area contributed by atoms with Gasteiger partial charge in [-0.1, -0.05) is 6.07 Å². The van der Waals surface area contributed by atoms with E-state index in [2.05, 4.69) is 15.1 Å². The van der Waals surface area contributed by atoms with Crippen molar-refractivity contribution in [2.75, 3.05) is 20.3 Å². The lowest BCUT2D eigenvalue weighted by Crippen LogP contribution is -2.42. The Morgan fingerprint density at radius 3 is 2.71 bits per heavy atom. The molecule has 2 bridgehead atoms. The Labute approximate surface area is 199 Å². The summed E-state index contributed by atoms with van der Waals surface area (Å²) < 4.78 is 24.9. The highest BCUT2D eigenvalue weighted by molar-refractivity contribution is 5.81. The number of nitrogens with one attached hydrogen (secondary N) is 1. The first-order chi connectivity index (χ1) is 16.7. The van der Waals surface area contributed by atoms with E-state index in [-0.39, 0.29) is 5.82 Å². The fraction of sp³-hybridized carbons (Fsp3) is 0.481. The molecule has 2 aromatic carbocycles. The topological polar surface area (TPSA) is 67.5 Å². The molecular formula is C27H32FN3O3. The zero-order chi connectivity index (χ0) is 23.5. The van der Waals surface area contributed by atoms with Crippen molar-refractivity contribution in [2.45, 2.75) is 62.9 Å². The highest BCUT2D eigenvalue weighted by atomic mass is 19.1. The molecule has 5 rings (SSSR count). The van der Waals surface area contributed by atoms with Crippen LogP contribution in [-0.4, -0.2) is 53.7 Å². The molecule has 0 radical (unpaired) electrons. The molecule has 2 aliphatic heterocycles. The van der Waals surface area contributed by atoms with Crippen molar-refractivity contribution in [1.29, 1.82) is 0 Å². The van der Waals surface area contributed by atoms with Crippen molar-refractivity contribution in [3.05, 3.63) is 53.5 Å². The van der Waals surface area contributed by atoms with Crippen molar-refractivity contribution >= 4 is 17.2 Å². The fourth-order valence-electron chi connectivity index (χ4n) is 5.82. The van der Waals surface area contributed by atoms with E-state index in [0.717, 1.165) is 60.7 Å². The molecule has 3 aromatic rings. The number of carbonyl (C=O) groups is 1. The third-order valence-electron chi connectivity index (χ3n) is 7.45. The van der Waals surface area contributed by atoms with E-state index in [1.165, 1.54) is 30.7 Å². The van der Waals surface area contributed by atoms with E-state index in [4.69, 9.17) is 9.47 Å². The van der Waals surface area contributed by atoms with Crippen molar-refractivity contribution in [2.24, 2.45) is 0 Å². The molecular weight excluding hydrogens is 433 g/mol. The number of aromatic amines is 1. The Balaban J connectivity index is 1.11. The second-order valence-corrected chi connectivity index (χ2v) is 9.50. The zero-order valence-corrected chi connectivity index (χ0v) is 19.6. The number of unbranched alkanes of at least 4 members (excludes halogenated alkanes) is 1. The van der Waals surface area contributed by atoms with Crippen molar-refractivity contribution in [3.8, 4) is 11.5 Å². The quantitative estimate of drug-likeness (QED) is 0.336. The Morgan fingerprint density at radius 2 is 1.94 bits per heavy atom. The molecule has 34 heavy (non-hydrogen) atoms. The normalized spacial score (nSPS) is 22.2. The van der Waals surface area contributed by atoms with Crippen LogP contribution < -0.4 is 9.47 Å². The van der Waals surface area contributed by atoms with Crippen molar-refractivity contribution in [3.63, 3.8) is 0 Å². The highest BCUT2D eigenvalue weighted by Gasteiger charge is 2.41. The third kappa shape index (κ3) is 4.67. The maximum absolute atomic E-state index is 13.5. The first-order valence-electron chi connectivity index (χ1n) is 12.3. The number of aromatic nitrogens is 2. The number of rotatable bonds is 10. The molecule has 1 N–H and O–H groups in total. The minimum Gasteiger partial charge on any atom is -0.493 e. The van der Waals surface area contributed by atoms with Crippen molar-refractivity contribution < 1.29 is 18.7 Å². The van der Waals surface area contributed by atoms with Gasteiger partial charge < -0.3 is 14.3 Å². The van der Waals surface area contributed by atoms with Gasteiger partial charge in [0.25, 0.3) is 0 Å². The monoisotopic (exact) mass is 465 g/mol. The maximum Gasteiger partial charge on any atom is 0.161 e. The lowest BCUT2D eigenvalue weighted by Gasteiger charge is -2.38. The van der Waals surface area contributed by atoms with Crippen LogP contribution in [0.25, 0.3) is 10.9 Å². The Kier molecular flexibility index (Phi) is 6.81. The maximum atomic E-state index is 13.5. The minimum atomic E-state index is -0.238. The Morgan fingerprint density at radius 1 is 1.12 bits per heavy atom. The molecule has 1 aromatic heterocycles. The molecule has 2 unspecified atom stereocenters. The molecule has 2 aliphatic rings. The van der Waals surface area contributed by atoms with E-state index in [1.54, 1.807) is 7.11 Å².